The number of aromatic amines is 1. The highest BCUT2D eigenvalue weighted by Crippen LogP contribution is 2.10. The van der Waals surface area contributed by atoms with E-state index in [0.29, 0.717) is 0 Å². The van der Waals surface area contributed by atoms with Crippen molar-refractivity contribution < 1.29 is 15.1 Å². The molecule has 1 aromatic heterocycles. The minimum Gasteiger partial charge on any atom is -0.478 e. The molecule has 0 bridgehead atoms. The topological polar surface area (TPSA) is 112 Å². The highest BCUT2D eigenvalue weighted by atomic mass is 16.5. The molecule has 1 heterocycles. The van der Waals surface area contributed by atoms with E-state index in [0.717, 1.165) is 6.07 Å². The molecule has 0 unspecified atom stereocenters. The molecule has 2 aromatic rings. The molecule has 3 N–H and O–H groups in total. The van der Waals surface area contributed by atoms with Crippen LogP contribution in [0.3, 0.4) is 0 Å². The predicted molar refractivity (Wildman–Crippen MR) is 53.0 cm³/mol. The summed E-state index contributed by atoms with van der Waals surface area (Å²) in [5.74, 6) is -1.19. The predicted octanol–water partition coefficient (Wildman–Crippen LogP) is -0.375. The van der Waals surface area contributed by atoms with E-state index in [9.17, 15) is 19.6 Å². The van der Waals surface area contributed by atoms with Gasteiger partial charge in [0.25, 0.3) is 0 Å². The van der Waals surface area contributed by atoms with Crippen LogP contribution in [-0.4, -0.2) is 26.0 Å². The Labute approximate surface area is 87.2 Å². The molecule has 0 amide bonds. The molecule has 7 nitrogen and oxygen atoms in total. The van der Waals surface area contributed by atoms with Gasteiger partial charge in [-0.3, -0.25) is 9.59 Å². The summed E-state index contributed by atoms with van der Waals surface area (Å²) in [6.45, 7) is 0. The molecule has 0 atom stereocenters. The van der Waals surface area contributed by atoms with Gasteiger partial charge in [0.15, 0.2) is 0 Å². The second-order valence-corrected chi connectivity index (χ2v) is 3.11. The summed E-state index contributed by atoms with van der Waals surface area (Å²) in [7, 11) is 0. The lowest BCUT2D eigenvalue weighted by Gasteiger charge is -2.02. The third kappa shape index (κ3) is 1.34. The molecule has 0 radical (unpaired) electrons. The number of hydrogen-bond donors (Lipinski definition) is 3. The second-order valence-electron chi connectivity index (χ2n) is 3.11. The summed E-state index contributed by atoms with van der Waals surface area (Å²) in [6.07, 6.45) is 0. The Hall–Kier alpha value is -2.57. The van der Waals surface area contributed by atoms with E-state index in [1.165, 1.54) is 12.1 Å². The Kier molecular flexibility index (Phi) is 2.01. The van der Waals surface area contributed by atoms with Gasteiger partial charge < -0.3 is 15.3 Å². The maximum absolute atomic E-state index is 11.1. The van der Waals surface area contributed by atoms with Gasteiger partial charge in [0.1, 0.15) is 5.52 Å². The lowest BCUT2D eigenvalue weighted by atomic mass is 10.2. The maximum atomic E-state index is 11.1. The Bertz CT molecular complexity index is 697. The Morgan fingerprint density at radius 3 is 2.62 bits per heavy atom. The van der Waals surface area contributed by atoms with E-state index in [-0.39, 0.29) is 21.3 Å². The number of carboxylic acid groups (broad SMARTS) is 1. The van der Waals surface area contributed by atoms with Crippen molar-refractivity contribution in [2.75, 3.05) is 0 Å². The first-order valence-corrected chi connectivity index (χ1v) is 4.22. The number of carbonyl (C=O) groups is 1. The number of nitrogens with one attached hydrogen (secondary N) is 1. The number of benzene rings is 1. The number of rotatable bonds is 1. The van der Waals surface area contributed by atoms with Crippen LogP contribution in [0.4, 0.5) is 0 Å². The van der Waals surface area contributed by atoms with Crippen molar-refractivity contribution in [2.24, 2.45) is 0 Å². The van der Waals surface area contributed by atoms with E-state index in [1.807, 2.05) is 0 Å². The van der Waals surface area contributed by atoms with Crippen molar-refractivity contribution in [3.8, 4) is 0 Å². The number of carboxylic acids is 1. The molecule has 0 aliphatic rings. The summed E-state index contributed by atoms with van der Waals surface area (Å²) in [4.78, 5) is 35.0. The number of nitrogens with zero attached hydrogens (tertiary/aromatic N) is 1. The largest absolute Gasteiger partial charge is 0.478 e. The standard InChI is InChI=1S/C9H6N2O5/c12-7-8(13)11(16)6-3-4(9(14)15)1-2-5(6)10-7/h1-3,16H,(H,10,12)(H,14,15). The van der Waals surface area contributed by atoms with Crippen molar-refractivity contribution in [1.82, 2.24) is 9.71 Å². The molecule has 16 heavy (non-hydrogen) atoms. The lowest BCUT2D eigenvalue weighted by molar-refractivity contribution is 0.0697. The molecule has 82 valence electrons. The zero-order valence-corrected chi connectivity index (χ0v) is 7.80. The maximum Gasteiger partial charge on any atom is 0.348 e. The van der Waals surface area contributed by atoms with Crippen molar-refractivity contribution in [3.05, 3.63) is 44.5 Å². The van der Waals surface area contributed by atoms with Gasteiger partial charge >= 0.3 is 17.1 Å². The van der Waals surface area contributed by atoms with Gasteiger partial charge in [-0.05, 0) is 18.2 Å². The van der Waals surface area contributed by atoms with Gasteiger partial charge in [-0.15, -0.1) is 4.73 Å². The van der Waals surface area contributed by atoms with Crippen LogP contribution >= 0.6 is 0 Å². The molecule has 1 aromatic carbocycles. The fraction of sp³-hybridized carbons (Fsp3) is 0. The quantitative estimate of drug-likeness (QED) is 0.450. The first kappa shape index (κ1) is 9.97. The van der Waals surface area contributed by atoms with Gasteiger partial charge in [-0.25, -0.2) is 4.79 Å². The Morgan fingerprint density at radius 2 is 2.00 bits per heavy atom. The summed E-state index contributed by atoms with van der Waals surface area (Å²) >= 11 is 0. The first-order chi connectivity index (χ1) is 7.50. The van der Waals surface area contributed by atoms with Crippen molar-refractivity contribution in [1.29, 1.82) is 0 Å². The zero-order chi connectivity index (χ0) is 11.9. The van der Waals surface area contributed by atoms with Crippen LogP contribution in [0, 0.1) is 0 Å². The average Bonchev–Trinajstić information content (AvgIpc) is 2.25. The second kappa shape index (κ2) is 3.23. The molecule has 0 aliphatic carbocycles. The SMILES string of the molecule is O=C(O)c1ccc2[nH]c(=O)c(=O)n(O)c2c1. The van der Waals surface area contributed by atoms with Gasteiger partial charge in [0.05, 0.1) is 11.1 Å². The number of aromatic carboxylic acids is 1. The molecule has 0 saturated heterocycles. The summed E-state index contributed by atoms with van der Waals surface area (Å²) < 4.78 is 0.126. The Morgan fingerprint density at radius 1 is 1.31 bits per heavy atom. The third-order valence-electron chi connectivity index (χ3n) is 2.11. The van der Waals surface area contributed by atoms with Gasteiger partial charge in [-0.2, -0.15) is 0 Å². The van der Waals surface area contributed by atoms with Gasteiger partial charge in [0.2, 0.25) is 0 Å². The van der Waals surface area contributed by atoms with Crippen LogP contribution in [0.25, 0.3) is 11.0 Å². The molecule has 0 fully saturated rings. The summed E-state index contributed by atoms with van der Waals surface area (Å²) in [5.41, 5.74) is -2.11. The van der Waals surface area contributed by atoms with E-state index >= 15 is 0 Å². The van der Waals surface area contributed by atoms with Crippen molar-refractivity contribution in [2.45, 2.75) is 0 Å². The first-order valence-electron chi connectivity index (χ1n) is 4.22. The number of hydrogen-bond acceptors (Lipinski definition) is 4. The summed E-state index contributed by atoms with van der Waals surface area (Å²) in [5, 5.41) is 18.1. The highest BCUT2D eigenvalue weighted by Gasteiger charge is 2.09. The fourth-order valence-electron chi connectivity index (χ4n) is 1.33. The number of aromatic nitrogens is 2. The van der Waals surface area contributed by atoms with E-state index in [1.54, 1.807) is 0 Å². The van der Waals surface area contributed by atoms with Crippen LogP contribution in [-0.2, 0) is 0 Å². The van der Waals surface area contributed by atoms with Gasteiger partial charge in [0, 0.05) is 0 Å². The summed E-state index contributed by atoms with van der Waals surface area (Å²) in [6, 6.07) is 3.65. The zero-order valence-electron chi connectivity index (χ0n) is 7.80. The smallest absolute Gasteiger partial charge is 0.348 e. The molecule has 0 saturated carbocycles. The van der Waals surface area contributed by atoms with E-state index in [2.05, 4.69) is 4.98 Å². The van der Waals surface area contributed by atoms with Crippen LogP contribution in [0.15, 0.2) is 27.8 Å². The normalized spacial score (nSPS) is 10.5. The number of fused-ring (bicyclic) bond motifs is 1. The average molecular weight is 222 g/mol. The minimum absolute atomic E-state index is 0.0653. The number of H-pyrrole nitrogens is 1. The molecule has 2 rings (SSSR count). The van der Waals surface area contributed by atoms with Crippen LogP contribution < -0.4 is 11.1 Å². The van der Waals surface area contributed by atoms with Crippen molar-refractivity contribution >= 4 is 17.0 Å². The lowest BCUT2D eigenvalue weighted by Crippen LogP contribution is -2.35. The molecule has 7 heteroatoms. The molecule has 0 spiro atoms. The minimum atomic E-state index is -1.19. The van der Waals surface area contributed by atoms with E-state index in [4.69, 9.17) is 5.11 Å². The molecule has 0 aliphatic heterocycles. The third-order valence-corrected chi connectivity index (χ3v) is 2.11. The van der Waals surface area contributed by atoms with Crippen molar-refractivity contribution in [3.63, 3.8) is 0 Å². The van der Waals surface area contributed by atoms with Gasteiger partial charge in [-0.1, -0.05) is 0 Å². The fourth-order valence-corrected chi connectivity index (χ4v) is 1.33. The Balaban J connectivity index is 2.94. The highest BCUT2D eigenvalue weighted by molar-refractivity contribution is 5.92. The van der Waals surface area contributed by atoms with Crippen LogP contribution in [0.2, 0.25) is 0 Å². The monoisotopic (exact) mass is 222 g/mol. The molecular weight excluding hydrogens is 216 g/mol. The van der Waals surface area contributed by atoms with Crippen LogP contribution in [0.5, 0.6) is 0 Å². The molecular formula is C9H6N2O5. The van der Waals surface area contributed by atoms with Crippen LogP contribution in [0.1, 0.15) is 10.4 Å². The van der Waals surface area contributed by atoms with E-state index < -0.39 is 17.1 Å².